The van der Waals surface area contributed by atoms with Crippen LogP contribution in [0.15, 0.2) is 36.4 Å². The minimum Gasteiger partial charge on any atom is -0.365 e. The Morgan fingerprint density at radius 1 is 1.20 bits per heavy atom. The van der Waals surface area contributed by atoms with E-state index >= 15 is 0 Å². The van der Waals surface area contributed by atoms with E-state index in [1.807, 2.05) is 12.1 Å². The highest BCUT2D eigenvalue weighted by molar-refractivity contribution is 5.91. The Kier molecular flexibility index (Phi) is 4.24. The summed E-state index contributed by atoms with van der Waals surface area (Å²) in [5.74, 6) is 0.318. The van der Waals surface area contributed by atoms with Crippen molar-refractivity contribution in [1.29, 1.82) is 5.26 Å². The first-order valence-electron chi connectivity index (χ1n) is 6.01. The highest BCUT2D eigenvalue weighted by Crippen LogP contribution is 2.07. The van der Waals surface area contributed by atoms with Crippen molar-refractivity contribution in [3.8, 4) is 6.07 Å². The number of amides is 1. The third-order valence-electron chi connectivity index (χ3n) is 2.68. The van der Waals surface area contributed by atoms with E-state index in [2.05, 4.69) is 26.9 Å². The van der Waals surface area contributed by atoms with Crippen LogP contribution in [-0.4, -0.2) is 23.2 Å². The summed E-state index contributed by atoms with van der Waals surface area (Å²) in [5, 5.41) is 22.0. The summed E-state index contributed by atoms with van der Waals surface area (Å²) in [4.78, 5) is 11.3. The molecule has 1 aromatic carbocycles. The van der Waals surface area contributed by atoms with Crippen LogP contribution in [0.3, 0.4) is 0 Å². The molecule has 0 radical (unpaired) electrons. The number of nitrogens with one attached hydrogen (secondary N) is 2. The molecule has 2 rings (SSSR count). The molecule has 1 amide bonds. The monoisotopic (exact) mass is 267 g/mol. The van der Waals surface area contributed by atoms with Crippen LogP contribution in [0, 0.1) is 11.3 Å². The van der Waals surface area contributed by atoms with Crippen molar-refractivity contribution >= 4 is 11.7 Å². The second kappa shape index (κ2) is 6.29. The van der Waals surface area contributed by atoms with Crippen molar-refractivity contribution < 1.29 is 4.79 Å². The molecule has 20 heavy (non-hydrogen) atoms. The summed E-state index contributed by atoms with van der Waals surface area (Å²) in [6, 6.07) is 12.6. The highest BCUT2D eigenvalue weighted by Gasteiger charge is 2.05. The fourth-order valence-corrected chi connectivity index (χ4v) is 1.57. The first kappa shape index (κ1) is 13.5. The van der Waals surface area contributed by atoms with Crippen LogP contribution >= 0.6 is 0 Å². The Labute approximate surface area is 116 Å². The van der Waals surface area contributed by atoms with Gasteiger partial charge in [0.15, 0.2) is 5.69 Å². The molecule has 0 spiro atoms. The molecule has 0 aliphatic heterocycles. The van der Waals surface area contributed by atoms with Crippen molar-refractivity contribution in [2.24, 2.45) is 0 Å². The van der Waals surface area contributed by atoms with Gasteiger partial charge in [0.05, 0.1) is 11.6 Å². The second-order valence-corrected chi connectivity index (χ2v) is 4.05. The lowest BCUT2D eigenvalue weighted by Crippen LogP contribution is -2.19. The largest absolute Gasteiger partial charge is 0.365 e. The SMILES string of the molecule is CNC(=O)c1ccc(NCc2ccc(C#N)cc2)nn1. The van der Waals surface area contributed by atoms with Crippen LogP contribution < -0.4 is 10.6 Å². The highest BCUT2D eigenvalue weighted by atomic mass is 16.1. The fraction of sp³-hybridized carbons (Fsp3) is 0.143. The number of carbonyl (C=O) groups excluding carboxylic acids is 1. The van der Waals surface area contributed by atoms with Gasteiger partial charge in [0.25, 0.3) is 5.91 Å². The number of nitriles is 1. The van der Waals surface area contributed by atoms with Crippen molar-refractivity contribution in [3.63, 3.8) is 0 Å². The molecule has 1 heterocycles. The molecule has 6 heteroatoms. The maximum atomic E-state index is 11.3. The van der Waals surface area contributed by atoms with Crippen LogP contribution in [0.5, 0.6) is 0 Å². The molecular formula is C14H13N5O. The summed E-state index contributed by atoms with van der Waals surface area (Å²) in [5.41, 5.74) is 1.93. The van der Waals surface area contributed by atoms with Crippen LogP contribution in [0.4, 0.5) is 5.82 Å². The smallest absolute Gasteiger partial charge is 0.271 e. The molecule has 0 aliphatic carbocycles. The minimum absolute atomic E-state index is 0.267. The minimum atomic E-state index is -0.267. The zero-order valence-electron chi connectivity index (χ0n) is 10.9. The summed E-state index contributed by atoms with van der Waals surface area (Å²) in [7, 11) is 1.54. The lowest BCUT2D eigenvalue weighted by Gasteiger charge is -2.05. The van der Waals surface area contributed by atoms with Crippen molar-refractivity contribution in [3.05, 3.63) is 53.2 Å². The predicted molar refractivity (Wildman–Crippen MR) is 73.9 cm³/mol. The van der Waals surface area contributed by atoms with Crippen LogP contribution in [-0.2, 0) is 6.54 Å². The van der Waals surface area contributed by atoms with E-state index in [1.165, 1.54) is 0 Å². The lowest BCUT2D eigenvalue weighted by atomic mass is 10.1. The number of anilines is 1. The number of hydrogen-bond donors (Lipinski definition) is 2. The fourth-order valence-electron chi connectivity index (χ4n) is 1.57. The van der Waals surface area contributed by atoms with Gasteiger partial charge >= 0.3 is 0 Å². The Balaban J connectivity index is 1.96. The van der Waals surface area contributed by atoms with Crippen molar-refractivity contribution in [1.82, 2.24) is 15.5 Å². The molecule has 0 saturated carbocycles. The quantitative estimate of drug-likeness (QED) is 0.871. The van der Waals surface area contributed by atoms with Gasteiger partial charge in [0, 0.05) is 13.6 Å². The maximum absolute atomic E-state index is 11.3. The molecule has 0 saturated heterocycles. The first-order chi connectivity index (χ1) is 9.72. The van der Waals surface area contributed by atoms with E-state index in [0.29, 0.717) is 17.9 Å². The molecule has 0 bridgehead atoms. The van der Waals surface area contributed by atoms with E-state index in [0.717, 1.165) is 5.56 Å². The average molecular weight is 267 g/mol. The lowest BCUT2D eigenvalue weighted by molar-refractivity contribution is 0.0957. The molecule has 0 fully saturated rings. The molecule has 6 nitrogen and oxygen atoms in total. The predicted octanol–water partition coefficient (Wildman–Crippen LogP) is 1.32. The Morgan fingerprint density at radius 2 is 1.95 bits per heavy atom. The molecule has 1 aromatic heterocycles. The number of carbonyl (C=O) groups is 1. The van der Waals surface area contributed by atoms with Crippen LogP contribution in [0.1, 0.15) is 21.6 Å². The Hall–Kier alpha value is -2.94. The third kappa shape index (κ3) is 3.29. The van der Waals surface area contributed by atoms with Crippen molar-refractivity contribution in [2.45, 2.75) is 6.54 Å². The third-order valence-corrected chi connectivity index (χ3v) is 2.68. The summed E-state index contributed by atoms with van der Waals surface area (Å²) in [6.45, 7) is 0.569. The molecule has 0 aliphatic rings. The standard InChI is InChI=1S/C14H13N5O/c1-16-14(20)12-6-7-13(19-18-12)17-9-11-4-2-10(8-15)3-5-11/h2-7H,9H2,1H3,(H,16,20)(H,17,19). The summed E-state index contributed by atoms with van der Waals surface area (Å²) >= 11 is 0. The summed E-state index contributed by atoms with van der Waals surface area (Å²) < 4.78 is 0. The summed E-state index contributed by atoms with van der Waals surface area (Å²) in [6.07, 6.45) is 0. The van der Waals surface area contributed by atoms with E-state index in [-0.39, 0.29) is 11.6 Å². The number of aromatic nitrogens is 2. The van der Waals surface area contributed by atoms with E-state index in [9.17, 15) is 4.79 Å². The van der Waals surface area contributed by atoms with Gasteiger partial charge in [-0.2, -0.15) is 5.26 Å². The number of rotatable bonds is 4. The molecule has 2 N–H and O–H groups in total. The van der Waals surface area contributed by atoms with Gasteiger partial charge in [-0.05, 0) is 29.8 Å². The zero-order chi connectivity index (χ0) is 14.4. The number of benzene rings is 1. The normalized spacial score (nSPS) is 9.60. The van der Waals surface area contributed by atoms with Crippen molar-refractivity contribution in [2.75, 3.05) is 12.4 Å². The van der Waals surface area contributed by atoms with Crippen LogP contribution in [0.25, 0.3) is 0 Å². The molecular weight excluding hydrogens is 254 g/mol. The molecule has 0 atom stereocenters. The van der Waals surface area contributed by atoms with Gasteiger partial charge in [0.2, 0.25) is 0 Å². The number of nitrogens with zero attached hydrogens (tertiary/aromatic N) is 3. The zero-order valence-corrected chi connectivity index (χ0v) is 10.9. The molecule has 0 unspecified atom stereocenters. The van der Waals surface area contributed by atoms with Gasteiger partial charge in [-0.25, -0.2) is 0 Å². The van der Waals surface area contributed by atoms with Gasteiger partial charge in [-0.1, -0.05) is 12.1 Å². The Morgan fingerprint density at radius 3 is 2.50 bits per heavy atom. The van der Waals surface area contributed by atoms with Gasteiger partial charge in [-0.3, -0.25) is 4.79 Å². The van der Waals surface area contributed by atoms with E-state index in [4.69, 9.17) is 5.26 Å². The van der Waals surface area contributed by atoms with Gasteiger partial charge in [0.1, 0.15) is 5.82 Å². The van der Waals surface area contributed by atoms with E-state index in [1.54, 1.807) is 31.3 Å². The average Bonchev–Trinajstić information content (AvgIpc) is 2.53. The van der Waals surface area contributed by atoms with E-state index < -0.39 is 0 Å². The Bertz CT molecular complexity index is 628. The number of hydrogen-bond acceptors (Lipinski definition) is 5. The maximum Gasteiger partial charge on any atom is 0.271 e. The van der Waals surface area contributed by atoms with Crippen LogP contribution in [0.2, 0.25) is 0 Å². The second-order valence-electron chi connectivity index (χ2n) is 4.05. The molecule has 2 aromatic rings. The molecule has 100 valence electrons. The van der Waals surface area contributed by atoms with Gasteiger partial charge in [-0.15, -0.1) is 10.2 Å². The first-order valence-corrected chi connectivity index (χ1v) is 6.01. The topological polar surface area (TPSA) is 90.7 Å². The van der Waals surface area contributed by atoms with Gasteiger partial charge < -0.3 is 10.6 Å².